The maximum absolute atomic E-state index is 9.76. The van der Waals surface area contributed by atoms with Gasteiger partial charge in [0.25, 0.3) is 0 Å². The van der Waals surface area contributed by atoms with Crippen molar-refractivity contribution in [2.45, 2.75) is 38.2 Å². The van der Waals surface area contributed by atoms with Crippen molar-refractivity contribution in [2.24, 2.45) is 0 Å². The van der Waals surface area contributed by atoms with E-state index in [0.29, 0.717) is 29.7 Å². The molecule has 0 unspecified atom stereocenters. The lowest BCUT2D eigenvalue weighted by atomic mass is 10.1. The van der Waals surface area contributed by atoms with E-state index in [-0.39, 0.29) is 6.10 Å². The predicted octanol–water partition coefficient (Wildman–Crippen LogP) is 18.9. The number of hydrogen-bond donors (Lipinski definition) is 8. The van der Waals surface area contributed by atoms with Crippen LogP contribution in [-0.4, -0.2) is 209 Å². The predicted molar refractivity (Wildman–Crippen MR) is 572 cm³/mol. The summed E-state index contributed by atoms with van der Waals surface area (Å²) in [5.74, 6) is 2.73. The second-order valence-corrected chi connectivity index (χ2v) is 34.5. The van der Waals surface area contributed by atoms with Crippen molar-refractivity contribution in [1.82, 2.24) is 145 Å². The van der Waals surface area contributed by atoms with Gasteiger partial charge in [-0.15, -0.1) is 25.5 Å². The molecule has 0 bridgehead atoms. The van der Waals surface area contributed by atoms with E-state index < -0.39 is 0 Å². The van der Waals surface area contributed by atoms with E-state index in [1.54, 1.807) is 123 Å². The van der Waals surface area contributed by atoms with E-state index in [2.05, 4.69) is 221 Å². The van der Waals surface area contributed by atoms with Crippen molar-refractivity contribution in [3.05, 3.63) is 390 Å². The summed E-state index contributed by atoms with van der Waals surface area (Å²) in [7, 11) is 0. The number of aliphatic hydroxyl groups is 1. The fraction of sp³-hybridized carbons (Fsp3) is 0.127. The number of hydrogen-bond acceptors (Lipinski definition) is 32. The van der Waals surface area contributed by atoms with Crippen LogP contribution in [0.1, 0.15) is 32.1 Å². The highest BCUT2D eigenvalue weighted by atomic mass is 16.5. The van der Waals surface area contributed by atoms with E-state index in [4.69, 9.17) is 19.7 Å². The van der Waals surface area contributed by atoms with Gasteiger partial charge in [-0.1, -0.05) is 105 Å². The first-order valence-corrected chi connectivity index (χ1v) is 48.5. The Bertz CT molecular complexity index is 7760. The van der Waals surface area contributed by atoms with Crippen molar-refractivity contribution < 1.29 is 9.84 Å². The molecule has 3 fully saturated rings. The highest BCUT2D eigenvalue weighted by molar-refractivity contribution is 5.75. The van der Waals surface area contributed by atoms with Gasteiger partial charge in [0, 0.05) is 162 Å². The first-order chi connectivity index (χ1) is 73.6. The fourth-order valence-corrected chi connectivity index (χ4v) is 16.9. The number of aromatic amines is 2. The van der Waals surface area contributed by atoms with Gasteiger partial charge in [-0.2, -0.15) is 10.2 Å². The Labute approximate surface area is 855 Å². The number of H-pyrrole nitrogens is 2. The van der Waals surface area contributed by atoms with Gasteiger partial charge in [0.2, 0.25) is 29.7 Å². The SMILES string of the molecule is OC1CCN(c2cccc(-c3ccnc(Nc4ccc(-n5ccnn5)cc4)n3)c2)CC1.c1cc(-c2ccnc(Nc3ccc(-n4ccnn4)cc3)n2)cc(-c2ccn[nH]2)c1.c1cc(-c2ccnc(Nc3ccc(-n4ccnn4)cc3)n2)cc(N2CCCCC2)c1.c1cc(-c2ccnc(Nc3ccc(-n4ccnn4)cc3)n2)cc(N2CCOCC2)c1.c1cn(-c2ccc(Nc3nccc(-c4ccc(-c5ccn[nH]5)cc4)n3)cc2)nn1. The highest BCUT2D eigenvalue weighted by Gasteiger charge is 2.21. The van der Waals surface area contributed by atoms with Crippen molar-refractivity contribution in [2.75, 3.05) is 93.8 Å². The fourth-order valence-electron chi connectivity index (χ4n) is 16.9. The summed E-state index contributed by atoms with van der Waals surface area (Å²) >= 11 is 0. The average molecular weight is 1970 g/mol. The van der Waals surface area contributed by atoms with Crippen LogP contribution >= 0.6 is 0 Å². The second-order valence-electron chi connectivity index (χ2n) is 34.5. The third kappa shape index (κ3) is 25.0. The van der Waals surface area contributed by atoms with Crippen molar-refractivity contribution in [1.29, 1.82) is 0 Å². The van der Waals surface area contributed by atoms with Gasteiger partial charge >= 0.3 is 0 Å². The Morgan fingerprint density at radius 1 is 0.248 bits per heavy atom. The van der Waals surface area contributed by atoms with Gasteiger partial charge in [0.1, 0.15) is 0 Å². The first-order valence-electron chi connectivity index (χ1n) is 48.5. The lowest BCUT2D eigenvalue weighted by molar-refractivity contribution is 0.122. The molecule has 0 saturated carbocycles. The number of nitrogens with zero attached hydrogens (tertiary/aromatic N) is 30. The first kappa shape index (κ1) is 95.2. The van der Waals surface area contributed by atoms with Crippen molar-refractivity contribution in [3.8, 4) is 107 Å². The number of nitrogens with one attached hydrogen (secondary N) is 7. The summed E-state index contributed by atoms with van der Waals surface area (Å²) in [6.45, 7) is 7.34. The largest absolute Gasteiger partial charge is 0.393 e. The third-order valence-electron chi connectivity index (χ3n) is 24.6. The average Bonchev–Trinajstić information content (AvgIpc) is 1.63. The minimum atomic E-state index is -0.180. The molecule has 3 saturated heterocycles. The van der Waals surface area contributed by atoms with Crippen LogP contribution in [0.4, 0.5) is 75.2 Å². The normalized spacial score (nSPS) is 12.8. The zero-order chi connectivity index (χ0) is 100. The Morgan fingerprint density at radius 2 is 0.530 bits per heavy atom. The quantitative estimate of drug-likeness (QED) is 0.0263. The Kier molecular flexibility index (Phi) is 29.9. The Hall–Kier alpha value is -20.0. The van der Waals surface area contributed by atoms with Crippen LogP contribution < -0.4 is 41.3 Å². The van der Waals surface area contributed by atoms with Crippen LogP contribution in [-0.2, 0) is 4.74 Å². The number of aromatic nitrogens is 29. The van der Waals surface area contributed by atoms with Gasteiger partial charge in [-0.25, -0.2) is 73.2 Å². The summed E-state index contributed by atoms with van der Waals surface area (Å²) in [6, 6.07) is 94.4. The molecule has 3 aliphatic rings. The molecule has 0 radical (unpaired) electrons. The summed E-state index contributed by atoms with van der Waals surface area (Å²) in [5, 5.41) is 79.1. The molecule has 736 valence electrons. The minimum Gasteiger partial charge on any atom is -0.393 e. The molecule has 8 N–H and O–H groups in total. The molecule has 0 amide bonds. The van der Waals surface area contributed by atoms with Crippen LogP contribution in [0.3, 0.4) is 0 Å². The van der Waals surface area contributed by atoms with Gasteiger partial charge in [0.05, 0.1) is 150 Å². The topological polar surface area (TPSA) is 439 Å². The lowest BCUT2D eigenvalue weighted by Crippen LogP contribution is -2.36. The summed E-state index contributed by atoms with van der Waals surface area (Å²) in [6.07, 6.45) is 34.9. The zero-order valence-electron chi connectivity index (χ0n) is 80.5. The minimum absolute atomic E-state index is 0.180. The number of rotatable bonds is 25. The summed E-state index contributed by atoms with van der Waals surface area (Å²) < 4.78 is 14.0. The van der Waals surface area contributed by atoms with Gasteiger partial charge in [0.15, 0.2) is 0 Å². The smallest absolute Gasteiger partial charge is 0.227 e. The molecule has 39 nitrogen and oxygen atoms in total. The molecule has 149 heavy (non-hydrogen) atoms. The standard InChI is InChI=1S/C23H23N7O.C23H23N7.C22H21N7O.2C21H16N8/c31-21-9-13-29(14-10-21)20-3-1-2-17(16-20)22-8-11-24-23(27-22)26-18-4-6-19(7-5-18)30-15-12-25-28-30;1-2-14-29(15-3-1)21-6-4-5-18(17-21)22-11-12-24-23(27-22)26-19-7-9-20(10-8-19)30-16-13-25-28-30;1-2-17(16-20(3-1)28-12-14-30-15-13-28)21-8-9-23-22(26-21)25-18-4-6-19(7-5-18)29-11-10-24-27-29;1-3-16(20-10-12-23-27-20)4-2-15(1)19-9-11-22-21(26-19)25-17-5-7-18(8-6-17)29-14-13-24-28-29;1-2-15(14-16(3-1)20-9-11-23-27-20)19-8-10-22-21(26-19)25-17-4-6-18(7-5-17)29-13-12-24-28-29/h1-8,11-12,15-16,21,31H,9-10,13-14H2,(H,24,26,27);4-13,16-17H,1-3,14-15H2,(H,24,26,27);1-11,16H,12-15H2,(H,23,25,26);2*1-14H,(H,23,27)(H,22,25,26). The van der Waals surface area contributed by atoms with Crippen LogP contribution in [0.2, 0.25) is 0 Å². The lowest BCUT2D eigenvalue weighted by Gasteiger charge is -2.31. The van der Waals surface area contributed by atoms with Gasteiger partial charge in [-0.3, -0.25) is 10.2 Å². The molecular formula is C110H99N37O2. The van der Waals surface area contributed by atoms with E-state index in [9.17, 15) is 5.11 Å². The monoisotopic (exact) mass is 1970 g/mol. The van der Waals surface area contributed by atoms with Crippen LogP contribution in [0, 0.1) is 0 Å². The molecule has 0 spiro atoms. The number of aliphatic hydroxyl groups excluding tert-OH is 1. The molecule has 0 aliphatic carbocycles. The number of piperidine rings is 2. The van der Waals surface area contributed by atoms with E-state index in [1.165, 1.54) is 30.6 Å². The van der Waals surface area contributed by atoms with E-state index >= 15 is 0 Å². The second kappa shape index (κ2) is 46.8. The van der Waals surface area contributed by atoms with Gasteiger partial charge < -0.3 is 51.1 Å². The van der Waals surface area contributed by atoms with Crippen molar-refractivity contribution in [3.63, 3.8) is 0 Å². The van der Waals surface area contributed by atoms with E-state index in [0.717, 1.165) is 207 Å². The molecule has 39 heteroatoms. The van der Waals surface area contributed by atoms with Crippen molar-refractivity contribution >= 4 is 75.2 Å². The molecule has 0 atom stereocenters. The number of anilines is 13. The molecule has 25 rings (SSSR count). The van der Waals surface area contributed by atoms with E-state index in [1.807, 2.05) is 219 Å². The maximum Gasteiger partial charge on any atom is 0.227 e. The van der Waals surface area contributed by atoms with Crippen LogP contribution in [0.15, 0.2) is 390 Å². The molecule has 12 aromatic heterocycles. The third-order valence-corrected chi connectivity index (χ3v) is 24.6. The molecule has 10 aromatic carbocycles. The van der Waals surface area contributed by atoms with Crippen LogP contribution in [0.5, 0.6) is 0 Å². The molecule has 15 heterocycles. The van der Waals surface area contributed by atoms with Gasteiger partial charge in [-0.05, 0) is 244 Å². The number of benzene rings is 10. The number of ether oxygens (including phenoxy) is 1. The Morgan fingerprint density at radius 3 is 0.839 bits per heavy atom. The summed E-state index contributed by atoms with van der Waals surface area (Å²) in [5.41, 5.74) is 26.4. The molecular weight excluding hydrogens is 1870 g/mol. The molecule has 22 aromatic rings. The maximum atomic E-state index is 9.76. The van der Waals surface area contributed by atoms with Crippen LogP contribution in [0.25, 0.3) is 107 Å². The number of morpholine rings is 1. The highest BCUT2D eigenvalue weighted by Crippen LogP contribution is 2.34. The summed E-state index contributed by atoms with van der Waals surface area (Å²) in [4.78, 5) is 52.3. The Balaban J connectivity index is 0.000000109. The zero-order valence-corrected chi connectivity index (χ0v) is 80.5. The molecule has 3 aliphatic heterocycles.